The van der Waals surface area contributed by atoms with E-state index in [-0.39, 0.29) is 5.91 Å². The van der Waals surface area contributed by atoms with E-state index in [1.807, 2.05) is 29.2 Å². The monoisotopic (exact) mass is 343 g/mol. The minimum atomic E-state index is 0.200. The predicted octanol–water partition coefficient (Wildman–Crippen LogP) is 4.00. The van der Waals surface area contributed by atoms with Gasteiger partial charge in [-0.3, -0.25) is 4.79 Å². The maximum Gasteiger partial charge on any atom is 0.227 e. The summed E-state index contributed by atoms with van der Waals surface area (Å²) >= 11 is 9.29. The maximum absolute atomic E-state index is 12.5. The second kappa shape index (κ2) is 7.30. The lowest BCUT2D eigenvalue weighted by Gasteiger charge is -2.28. The topological polar surface area (TPSA) is 20.3 Å². The molecular formula is C15H19BrClNO. The maximum atomic E-state index is 12.5. The Kier molecular flexibility index (Phi) is 5.71. The van der Waals surface area contributed by atoms with Crippen LogP contribution in [0, 0.1) is 0 Å². The Balaban J connectivity index is 2.02. The zero-order chi connectivity index (χ0) is 13.7. The zero-order valence-electron chi connectivity index (χ0n) is 10.9. The van der Waals surface area contributed by atoms with Crippen LogP contribution in [0.5, 0.6) is 0 Å². The molecule has 0 atom stereocenters. The van der Waals surface area contributed by atoms with Gasteiger partial charge in [-0.15, -0.1) is 11.6 Å². The number of benzene rings is 1. The summed E-state index contributed by atoms with van der Waals surface area (Å²) in [5.41, 5.74) is 1.05. The second-order valence-corrected chi connectivity index (χ2v) is 6.31. The first-order valence-electron chi connectivity index (χ1n) is 6.80. The Morgan fingerprint density at radius 3 is 2.74 bits per heavy atom. The largest absolute Gasteiger partial charge is 0.338 e. The van der Waals surface area contributed by atoms with E-state index in [4.69, 9.17) is 11.6 Å². The van der Waals surface area contributed by atoms with Gasteiger partial charge in [0.25, 0.3) is 0 Å². The lowest BCUT2D eigenvalue weighted by molar-refractivity contribution is -0.132. The molecule has 2 rings (SSSR count). The molecule has 0 unspecified atom stereocenters. The fourth-order valence-corrected chi connectivity index (χ4v) is 3.37. The normalized spacial score (nSPS) is 15.7. The average molecular weight is 345 g/mol. The number of nitrogens with zero attached hydrogens (tertiary/aromatic N) is 1. The summed E-state index contributed by atoms with van der Waals surface area (Å²) in [6.45, 7) is 0.666. The minimum Gasteiger partial charge on any atom is -0.338 e. The van der Waals surface area contributed by atoms with Crippen molar-refractivity contribution in [3.63, 3.8) is 0 Å². The van der Waals surface area contributed by atoms with Crippen molar-refractivity contribution < 1.29 is 4.79 Å². The molecule has 4 heteroatoms. The van der Waals surface area contributed by atoms with Gasteiger partial charge in [-0.25, -0.2) is 0 Å². The molecule has 0 heterocycles. The van der Waals surface area contributed by atoms with Gasteiger partial charge >= 0.3 is 0 Å². The van der Waals surface area contributed by atoms with E-state index in [0.29, 0.717) is 24.9 Å². The lowest BCUT2D eigenvalue weighted by Crippen LogP contribution is -2.41. The van der Waals surface area contributed by atoms with E-state index in [1.54, 1.807) is 0 Å². The van der Waals surface area contributed by atoms with Crippen LogP contribution in [0.25, 0.3) is 0 Å². The molecular weight excluding hydrogens is 326 g/mol. The van der Waals surface area contributed by atoms with Crippen molar-refractivity contribution in [1.82, 2.24) is 4.90 Å². The molecule has 1 aromatic carbocycles. The van der Waals surface area contributed by atoms with Gasteiger partial charge < -0.3 is 4.90 Å². The number of carbonyl (C=O) groups is 1. The summed E-state index contributed by atoms with van der Waals surface area (Å²) in [5.74, 6) is 0.714. The molecule has 1 saturated carbocycles. The number of hydrogen-bond donors (Lipinski definition) is 0. The SMILES string of the molecule is O=C(Cc1cccc(Br)c1)N(CCCl)C1CCCC1. The summed E-state index contributed by atoms with van der Waals surface area (Å²) in [7, 11) is 0. The number of carbonyl (C=O) groups excluding carboxylic acids is 1. The molecule has 0 aliphatic heterocycles. The first-order valence-corrected chi connectivity index (χ1v) is 8.13. The van der Waals surface area contributed by atoms with Gasteiger partial charge in [0.2, 0.25) is 5.91 Å². The van der Waals surface area contributed by atoms with Crippen LogP contribution in [-0.4, -0.2) is 29.3 Å². The van der Waals surface area contributed by atoms with Crippen molar-refractivity contribution in [2.24, 2.45) is 0 Å². The van der Waals surface area contributed by atoms with Crippen molar-refractivity contribution in [3.05, 3.63) is 34.3 Å². The summed E-state index contributed by atoms with van der Waals surface area (Å²) in [6.07, 6.45) is 5.18. The molecule has 1 aliphatic carbocycles. The van der Waals surface area contributed by atoms with Gasteiger partial charge in [0, 0.05) is 22.9 Å². The van der Waals surface area contributed by atoms with Gasteiger partial charge in [-0.1, -0.05) is 40.9 Å². The Labute approximate surface area is 128 Å². The van der Waals surface area contributed by atoms with E-state index in [9.17, 15) is 4.79 Å². The van der Waals surface area contributed by atoms with E-state index >= 15 is 0 Å². The third kappa shape index (κ3) is 4.22. The Bertz CT molecular complexity index is 432. The highest BCUT2D eigenvalue weighted by molar-refractivity contribution is 9.10. The fourth-order valence-electron chi connectivity index (χ4n) is 2.74. The predicted molar refractivity (Wildman–Crippen MR) is 82.5 cm³/mol. The number of hydrogen-bond acceptors (Lipinski definition) is 1. The van der Waals surface area contributed by atoms with Crippen LogP contribution in [0.15, 0.2) is 28.7 Å². The fraction of sp³-hybridized carbons (Fsp3) is 0.533. The van der Waals surface area contributed by atoms with E-state index in [0.717, 1.165) is 22.9 Å². The highest BCUT2D eigenvalue weighted by Gasteiger charge is 2.25. The molecule has 1 amide bonds. The van der Waals surface area contributed by atoms with Crippen LogP contribution in [0.4, 0.5) is 0 Å². The Morgan fingerprint density at radius 2 is 2.11 bits per heavy atom. The molecule has 0 aromatic heterocycles. The zero-order valence-corrected chi connectivity index (χ0v) is 13.3. The molecule has 0 spiro atoms. The van der Waals surface area contributed by atoms with Gasteiger partial charge in [-0.2, -0.15) is 0 Å². The molecule has 104 valence electrons. The molecule has 2 nitrogen and oxygen atoms in total. The number of amides is 1. The molecule has 0 bridgehead atoms. The van der Waals surface area contributed by atoms with Crippen molar-refractivity contribution in [3.8, 4) is 0 Å². The molecule has 0 N–H and O–H groups in total. The van der Waals surface area contributed by atoms with Gasteiger partial charge in [0.15, 0.2) is 0 Å². The van der Waals surface area contributed by atoms with E-state index in [2.05, 4.69) is 15.9 Å². The Morgan fingerprint density at radius 1 is 1.37 bits per heavy atom. The van der Waals surface area contributed by atoms with E-state index < -0.39 is 0 Å². The number of alkyl halides is 1. The van der Waals surface area contributed by atoms with Gasteiger partial charge in [0.05, 0.1) is 6.42 Å². The van der Waals surface area contributed by atoms with Gasteiger partial charge in [-0.05, 0) is 30.5 Å². The molecule has 1 aromatic rings. The standard InChI is InChI=1S/C15H19BrClNO/c16-13-5-3-4-12(10-13)11-15(19)18(9-8-17)14-6-1-2-7-14/h3-5,10,14H,1-2,6-9,11H2. The van der Waals surface area contributed by atoms with Crippen LogP contribution in [-0.2, 0) is 11.2 Å². The molecule has 1 aliphatic rings. The first-order chi connectivity index (χ1) is 9.20. The first kappa shape index (κ1) is 14.9. The van der Waals surface area contributed by atoms with Crippen LogP contribution in [0.1, 0.15) is 31.2 Å². The van der Waals surface area contributed by atoms with Crippen LogP contribution in [0.3, 0.4) is 0 Å². The highest BCUT2D eigenvalue weighted by atomic mass is 79.9. The van der Waals surface area contributed by atoms with E-state index in [1.165, 1.54) is 12.8 Å². The van der Waals surface area contributed by atoms with Crippen LogP contribution < -0.4 is 0 Å². The van der Waals surface area contributed by atoms with Crippen LogP contribution in [0.2, 0.25) is 0 Å². The Hall–Kier alpha value is -0.540. The molecule has 0 saturated heterocycles. The van der Waals surface area contributed by atoms with Crippen molar-refractivity contribution in [2.75, 3.05) is 12.4 Å². The van der Waals surface area contributed by atoms with Crippen molar-refractivity contribution >= 4 is 33.4 Å². The molecule has 19 heavy (non-hydrogen) atoms. The smallest absolute Gasteiger partial charge is 0.227 e. The third-order valence-corrected chi connectivity index (χ3v) is 4.32. The third-order valence-electron chi connectivity index (χ3n) is 3.66. The summed E-state index contributed by atoms with van der Waals surface area (Å²) in [6, 6.07) is 8.34. The quantitative estimate of drug-likeness (QED) is 0.739. The molecule has 0 radical (unpaired) electrons. The number of halogens is 2. The second-order valence-electron chi connectivity index (χ2n) is 5.02. The van der Waals surface area contributed by atoms with Crippen molar-refractivity contribution in [2.45, 2.75) is 38.1 Å². The molecule has 1 fully saturated rings. The summed E-state index contributed by atoms with van der Waals surface area (Å²) in [4.78, 5) is 14.4. The van der Waals surface area contributed by atoms with Gasteiger partial charge in [0.1, 0.15) is 0 Å². The minimum absolute atomic E-state index is 0.200. The summed E-state index contributed by atoms with van der Waals surface area (Å²) in [5, 5.41) is 0. The average Bonchev–Trinajstić information content (AvgIpc) is 2.89. The summed E-state index contributed by atoms with van der Waals surface area (Å²) < 4.78 is 1.02. The number of rotatable bonds is 5. The van der Waals surface area contributed by atoms with Crippen LogP contribution >= 0.6 is 27.5 Å². The van der Waals surface area contributed by atoms with Crippen molar-refractivity contribution in [1.29, 1.82) is 0 Å². The highest BCUT2D eigenvalue weighted by Crippen LogP contribution is 2.24. The lowest BCUT2D eigenvalue weighted by atomic mass is 10.1.